The second-order valence-electron chi connectivity index (χ2n) is 10.7. The zero-order valence-corrected chi connectivity index (χ0v) is 20.5. The summed E-state index contributed by atoms with van der Waals surface area (Å²) in [7, 11) is 0. The number of rotatable bonds is 9. The Morgan fingerprint density at radius 1 is 0.903 bits per heavy atom. The molecule has 0 atom stereocenters. The molecule has 1 heterocycles. The van der Waals surface area contributed by atoms with E-state index in [0.717, 1.165) is 24.1 Å². The third kappa shape index (κ3) is 6.34. The number of nitrogens with one attached hydrogen (secondary N) is 1. The van der Waals surface area contributed by atoms with Gasteiger partial charge in [0.25, 0.3) is 0 Å². The van der Waals surface area contributed by atoms with Gasteiger partial charge in [-0.15, -0.1) is 0 Å². The first-order valence-electron chi connectivity index (χ1n) is 11.6. The molecule has 0 spiro atoms. The van der Waals surface area contributed by atoms with Gasteiger partial charge < -0.3 is 14.2 Å². The normalized spacial score (nSPS) is 12.4. The number of hydrogen-bond acceptors (Lipinski definition) is 3. The predicted octanol–water partition coefficient (Wildman–Crippen LogP) is 5.92. The van der Waals surface area contributed by atoms with E-state index in [1.807, 2.05) is 70.6 Å². The van der Waals surface area contributed by atoms with Gasteiger partial charge in [-0.3, -0.25) is 10.2 Å². The highest BCUT2D eigenvalue weighted by Crippen LogP contribution is 2.39. The van der Waals surface area contributed by atoms with Gasteiger partial charge >= 0.3 is 0 Å². The summed E-state index contributed by atoms with van der Waals surface area (Å²) in [5.41, 5.74) is 1.94. The second kappa shape index (κ2) is 9.88. The van der Waals surface area contributed by atoms with Gasteiger partial charge in [0.05, 0.1) is 6.54 Å². The van der Waals surface area contributed by atoms with Crippen molar-refractivity contribution in [3.05, 3.63) is 46.8 Å². The summed E-state index contributed by atoms with van der Waals surface area (Å²) >= 11 is 0. The van der Waals surface area contributed by atoms with Crippen LogP contribution in [0.5, 0.6) is 5.75 Å². The molecule has 0 unspecified atom stereocenters. The monoisotopic (exact) mass is 427 g/mol. The summed E-state index contributed by atoms with van der Waals surface area (Å²) in [6, 6.07) is 3.64. The number of phenolic OH excluding ortho intramolecular Hbond substituents is 1. The van der Waals surface area contributed by atoms with Crippen molar-refractivity contribution in [3.8, 4) is 5.75 Å². The number of aryl methyl sites for hydroxylation is 1. The SMILES string of the molecule is CCCCCCCn1ccn(CC(=O)c2cc(C(C)(C)C)c(O)c(C(C)(C)C)c2)c1=N. The Balaban J connectivity index is 2.25. The van der Waals surface area contributed by atoms with Crippen LogP contribution in [-0.4, -0.2) is 20.0 Å². The topological polar surface area (TPSA) is 71.0 Å². The molecule has 0 fully saturated rings. The van der Waals surface area contributed by atoms with Crippen LogP contribution in [0.2, 0.25) is 0 Å². The van der Waals surface area contributed by atoms with Crippen molar-refractivity contribution in [1.29, 1.82) is 5.41 Å². The highest BCUT2D eigenvalue weighted by atomic mass is 16.3. The molecular weight excluding hydrogens is 386 g/mol. The molecule has 2 aromatic rings. The maximum atomic E-state index is 13.2. The van der Waals surface area contributed by atoms with E-state index in [-0.39, 0.29) is 28.9 Å². The van der Waals surface area contributed by atoms with Gasteiger partial charge in [0.2, 0.25) is 5.62 Å². The number of carbonyl (C=O) groups is 1. The van der Waals surface area contributed by atoms with E-state index in [1.54, 1.807) is 4.57 Å². The van der Waals surface area contributed by atoms with E-state index >= 15 is 0 Å². The quantitative estimate of drug-likeness (QED) is 0.385. The van der Waals surface area contributed by atoms with Crippen molar-refractivity contribution in [2.24, 2.45) is 0 Å². The molecule has 0 aliphatic rings. The number of aromatic hydroxyl groups is 1. The fourth-order valence-corrected chi connectivity index (χ4v) is 3.85. The molecule has 172 valence electrons. The summed E-state index contributed by atoms with van der Waals surface area (Å²) in [5.74, 6) is 0.231. The first-order chi connectivity index (χ1) is 14.4. The second-order valence-corrected chi connectivity index (χ2v) is 10.7. The molecular formula is C26H41N3O2. The van der Waals surface area contributed by atoms with Crippen LogP contribution >= 0.6 is 0 Å². The first kappa shape index (κ1) is 25.0. The van der Waals surface area contributed by atoms with Gasteiger partial charge in [-0.25, -0.2) is 0 Å². The number of ketones is 1. The smallest absolute Gasteiger partial charge is 0.202 e. The van der Waals surface area contributed by atoms with E-state index in [0.29, 0.717) is 11.2 Å². The van der Waals surface area contributed by atoms with Crippen molar-refractivity contribution in [3.63, 3.8) is 0 Å². The van der Waals surface area contributed by atoms with Crippen LogP contribution in [0.15, 0.2) is 24.5 Å². The molecule has 0 aliphatic heterocycles. The average Bonchev–Trinajstić information content (AvgIpc) is 2.99. The Hall–Kier alpha value is -2.30. The van der Waals surface area contributed by atoms with Crippen molar-refractivity contribution < 1.29 is 9.90 Å². The lowest BCUT2D eigenvalue weighted by atomic mass is 9.78. The lowest BCUT2D eigenvalue weighted by Gasteiger charge is -2.28. The molecule has 1 aromatic heterocycles. The molecule has 2 N–H and O–H groups in total. The van der Waals surface area contributed by atoms with Crippen molar-refractivity contribution in [2.75, 3.05) is 0 Å². The molecule has 1 aromatic carbocycles. The minimum absolute atomic E-state index is 0.0461. The molecule has 0 radical (unpaired) electrons. The van der Waals surface area contributed by atoms with Gasteiger partial charge in [0.15, 0.2) is 5.78 Å². The van der Waals surface area contributed by atoms with Crippen LogP contribution in [0.25, 0.3) is 0 Å². The fraction of sp³-hybridized carbons (Fsp3) is 0.615. The minimum Gasteiger partial charge on any atom is -0.507 e. The number of Topliss-reactive ketones (excluding diaryl/α,β-unsaturated/α-hetero) is 1. The molecule has 2 rings (SSSR count). The Kier molecular flexibility index (Phi) is 7.96. The largest absolute Gasteiger partial charge is 0.507 e. The third-order valence-electron chi connectivity index (χ3n) is 5.84. The Morgan fingerprint density at radius 3 is 1.94 bits per heavy atom. The summed E-state index contributed by atoms with van der Waals surface area (Å²) in [6.07, 6.45) is 9.65. The number of carbonyl (C=O) groups excluding carboxylic acids is 1. The van der Waals surface area contributed by atoms with Crippen molar-refractivity contribution >= 4 is 5.78 Å². The molecule has 0 amide bonds. The Labute approximate surface area is 187 Å². The maximum absolute atomic E-state index is 13.2. The zero-order valence-electron chi connectivity index (χ0n) is 20.5. The van der Waals surface area contributed by atoms with Crippen molar-refractivity contribution in [1.82, 2.24) is 9.13 Å². The van der Waals surface area contributed by atoms with Crippen LogP contribution in [0.3, 0.4) is 0 Å². The average molecular weight is 428 g/mol. The number of nitrogens with zero attached hydrogens (tertiary/aromatic N) is 2. The van der Waals surface area contributed by atoms with Crippen LogP contribution < -0.4 is 5.62 Å². The summed E-state index contributed by atoms with van der Waals surface area (Å²) < 4.78 is 3.62. The maximum Gasteiger partial charge on any atom is 0.202 e. The third-order valence-corrected chi connectivity index (χ3v) is 5.84. The summed E-state index contributed by atoms with van der Waals surface area (Å²) in [6.45, 7) is 15.4. The van der Waals surface area contributed by atoms with Gasteiger partial charge in [0.1, 0.15) is 5.75 Å². The highest BCUT2D eigenvalue weighted by Gasteiger charge is 2.27. The van der Waals surface area contributed by atoms with E-state index in [1.165, 1.54) is 25.7 Å². The Morgan fingerprint density at radius 2 is 1.42 bits per heavy atom. The zero-order chi connectivity index (χ0) is 23.4. The molecule has 0 saturated heterocycles. The van der Waals surface area contributed by atoms with E-state index < -0.39 is 0 Å². The minimum atomic E-state index is -0.283. The lowest BCUT2D eigenvalue weighted by Crippen LogP contribution is -2.27. The first-order valence-corrected chi connectivity index (χ1v) is 11.6. The number of unbranched alkanes of at least 4 members (excludes halogenated alkanes) is 4. The summed E-state index contributed by atoms with van der Waals surface area (Å²) in [4.78, 5) is 13.2. The standard InChI is InChI=1S/C26H41N3O2/c1-8-9-10-11-12-13-28-14-15-29(24(28)27)18-22(30)19-16-20(25(2,3)4)23(31)21(17-19)26(5,6)7/h14-17,27,31H,8-13,18H2,1-7H3. The predicted molar refractivity (Wildman–Crippen MR) is 127 cm³/mol. The highest BCUT2D eigenvalue weighted by molar-refractivity contribution is 5.96. The Bertz CT molecular complexity index is 917. The molecule has 0 saturated carbocycles. The number of aromatic nitrogens is 2. The fourth-order valence-electron chi connectivity index (χ4n) is 3.85. The number of benzene rings is 1. The lowest BCUT2D eigenvalue weighted by molar-refractivity contribution is 0.0969. The summed E-state index contributed by atoms with van der Waals surface area (Å²) in [5, 5.41) is 19.3. The van der Waals surface area contributed by atoms with Crippen LogP contribution in [0.4, 0.5) is 0 Å². The molecule has 0 bridgehead atoms. The molecule has 5 heteroatoms. The van der Waals surface area contributed by atoms with Gasteiger partial charge in [-0.2, -0.15) is 0 Å². The van der Waals surface area contributed by atoms with Gasteiger partial charge in [-0.05, 0) is 29.4 Å². The van der Waals surface area contributed by atoms with E-state index in [2.05, 4.69) is 6.92 Å². The van der Waals surface area contributed by atoms with Gasteiger partial charge in [0, 0.05) is 35.6 Å². The molecule has 31 heavy (non-hydrogen) atoms. The number of phenols is 1. The molecule has 0 aliphatic carbocycles. The van der Waals surface area contributed by atoms with E-state index in [4.69, 9.17) is 5.41 Å². The number of hydrogen-bond donors (Lipinski definition) is 2. The van der Waals surface area contributed by atoms with E-state index in [9.17, 15) is 9.90 Å². The number of imidazole rings is 1. The molecule has 5 nitrogen and oxygen atoms in total. The van der Waals surface area contributed by atoms with Crippen molar-refractivity contribution in [2.45, 2.75) is 104 Å². The van der Waals surface area contributed by atoms with Gasteiger partial charge in [-0.1, -0.05) is 74.1 Å². The van der Waals surface area contributed by atoms with Crippen LogP contribution in [0, 0.1) is 5.41 Å². The van der Waals surface area contributed by atoms with Crippen LogP contribution in [0.1, 0.15) is 102 Å². The van der Waals surface area contributed by atoms with Crippen LogP contribution in [-0.2, 0) is 23.9 Å².